The van der Waals surface area contributed by atoms with Gasteiger partial charge in [-0.15, -0.1) is 0 Å². The number of phenols is 1. The van der Waals surface area contributed by atoms with Crippen LogP contribution in [-0.2, 0) is 6.54 Å². The van der Waals surface area contributed by atoms with Crippen molar-refractivity contribution in [1.82, 2.24) is 9.97 Å². The molecular formula is C16H15N3O. The topological polar surface area (TPSA) is 58.0 Å². The highest BCUT2D eigenvalue weighted by molar-refractivity contribution is 5.92. The highest BCUT2D eigenvalue weighted by Gasteiger charge is 2.04. The lowest BCUT2D eigenvalue weighted by Gasteiger charge is -2.09. The third-order valence-electron chi connectivity index (χ3n) is 3.13. The lowest BCUT2D eigenvalue weighted by atomic mass is 10.1. The highest BCUT2D eigenvalue weighted by Crippen LogP contribution is 2.25. The van der Waals surface area contributed by atoms with Crippen LogP contribution in [0.2, 0.25) is 0 Å². The summed E-state index contributed by atoms with van der Waals surface area (Å²) in [4.78, 5) is 8.78. The second kappa shape index (κ2) is 5.17. The van der Waals surface area contributed by atoms with E-state index in [1.165, 1.54) is 0 Å². The van der Waals surface area contributed by atoms with E-state index < -0.39 is 0 Å². The molecule has 3 rings (SSSR count). The van der Waals surface area contributed by atoms with Crippen LogP contribution in [0.1, 0.15) is 11.4 Å². The Kier molecular flexibility index (Phi) is 3.21. The molecule has 100 valence electrons. The van der Waals surface area contributed by atoms with Gasteiger partial charge in [0.25, 0.3) is 0 Å². The van der Waals surface area contributed by atoms with E-state index in [4.69, 9.17) is 0 Å². The molecule has 0 atom stereocenters. The average Bonchev–Trinajstić information content (AvgIpc) is 2.45. The summed E-state index contributed by atoms with van der Waals surface area (Å²) in [5.41, 5.74) is 1.96. The van der Waals surface area contributed by atoms with Crippen LogP contribution < -0.4 is 5.32 Å². The number of aromatic nitrogens is 2. The number of nitrogens with zero attached hydrogens (tertiary/aromatic N) is 2. The molecule has 0 saturated carbocycles. The molecule has 0 amide bonds. The number of rotatable bonds is 3. The van der Waals surface area contributed by atoms with E-state index in [0.29, 0.717) is 6.54 Å². The molecule has 0 saturated heterocycles. The molecule has 1 aromatic carbocycles. The van der Waals surface area contributed by atoms with Crippen molar-refractivity contribution in [2.75, 3.05) is 5.32 Å². The normalized spacial score (nSPS) is 10.7. The van der Waals surface area contributed by atoms with Gasteiger partial charge >= 0.3 is 0 Å². The fourth-order valence-electron chi connectivity index (χ4n) is 2.17. The van der Waals surface area contributed by atoms with Crippen LogP contribution >= 0.6 is 0 Å². The van der Waals surface area contributed by atoms with Gasteiger partial charge in [-0.05, 0) is 42.6 Å². The van der Waals surface area contributed by atoms with Gasteiger partial charge in [-0.2, -0.15) is 0 Å². The SMILES string of the molecule is Cc1cccc(CNc2nccc3ccc(O)cc23)n1. The van der Waals surface area contributed by atoms with E-state index in [-0.39, 0.29) is 5.75 Å². The molecule has 3 aromatic rings. The molecule has 0 bridgehead atoms. The van der Waals surface area contributed by atoms with Crippen LogP contribution in [0, 0.1) is 6.92 Å². The van der Waals surface area contributed by atoms with Gasteiger partial charge < -0.3 is 10.4 Å². The van der Waals surface area contributed by atoms with E-state index in [0.717, 1.165) is 28.0 Å². The van der Waals surface area contributed by atoms with Gasteiger partial charge in [-0.25, -0.2) is 4.98 Å². The highest BCUT2D eigenvalue weighted by atomic mass is 16.3. The quantitative estimate of drug-likeness (QED) is 0.763. The smallest absolute Gasteiger partial charge is 0.134 e. The largest absolute Gasteiger partial charge is 0.508 e. The molecule has 2 aromatic heterocycles. The molecule has 0 aliphatic carbocycles. The number of aryl methyl sites for hydroxylation is 1. The minimum atomic E-state index is 0.238. The van der Waals surface area contributed by atoms with Crippen molar-refractivity contribution < 1.29 is 5.11 Å². The zero-order chi connectivity index (χ0) is 13.9. The lowest BCUT2D eigenvalue weighted by Crippen LogP contribution is -2.04. The molecule has 0 aliphatic rings. The summed E-state index contributed by atoms with van der Waals surface area (Å²) in [5.74, 6) is 0.990. The number of hydrogen-bond donors (Lipinski definition) is 2. The van der Waals surface area contributed by atoms with Gasteiger partial charge in [0.05, 0.1) is 12.2 Å². The maximum Gasteiger partial charge on any atom is 0.134 e. The summed E-state index contributed by atoms with van der Waals surface area (Å²) in [5, 5.41) is 14.8. The zero-order valence-corrected chi connectivity index (χ0v) is 11.2. The summed E-state index contributed by atoms with van der Waals surface area (Å²) in [7, 11) is 0. The van der Waals surface area contributed by atoms with Crippen LogP contribution in [-0.4, -0.2) is 15.1 Å². The van der Waals surface area contributed by atoms with Crippen LogP contribution in [0.4, 0.5) is 5.82 Å². The van der Waals surface area contributed by atoms with Gasteiger partial charge in [0.1, 0.15) is 11.6 Å². The molecule has 2 N–H and O–H groups in total. The van der Waals surface area contributed by atoms with E-state index in [2.05, 4.69) is 15.3 Å². The van der Waals surface area contributed by atoms with Crippen LogP contribution in [0.25, 0.3) is 10.8 Å². The Labute approximate surface area is 117 Å². The average molecular weight is 265 g/mol. The fourth-order valence-corrected chi connectivity index (χ4v) is 2.17. The third kappa shape index (κ3) is 2.54. The van der Waals surface area contributed by atoms with Crippen molar-refractivity contribution in [2.45, 2.75) is 13.5 Å². The monoisotopic (exact) mass is 265 g/mol. The van der Waals surface area contributed by atoms with Crippen molar-refractivity contribution in [2.24, 2.45) is 0 Å². The summed E-state index contributed by atoms with van der Waals surface area (Å²) in [6, 6.07) is 13.1. The summed E-state index contributed by atoms with van der Waals surface area (Å²) >= 11 is 0. The second-order valence-corrected chi connectivity index (χ2v) is 4.69. The van der Waals surface area contributed by atoms with Gasteiger partial charge in [-0.3, -0.25) is 4.98 Å². The first-order valence-electron chi connectivity index (χ1n) is 6.46. The van der Waals surface area contributed by atoms with Gasteiger partial charge in [0.2, 0.25) is 0 Å². The van der Waals surface area contributed by atoms with Crippen molar-refractivity contribution in [3.63, 3.8) is 0 Å². The minimum Gasteiger partial charge on any atom is -0.508 e. The van der Waals surface area contributed by atoms with E-state index in [1.54, 1.807) is 18.3 Å². The Bertz CT molecular complexity index is 756. The number of fused-ring (bicyclic) bond motifs is 1. The first-order chi connectivity index (χ1) is 9.72. The van der Waals surface area contributed by atoms with Gasteiger partial charge in [-0.1, -0.05) is 12.1 Å². The Morgan fingerprint density at radius 2 is 2.05 bits per heavy atom. The first-order valence-corrected chi connectivity index (χ1v) is 6.46. The van der Waals surface area contributed by atoms with Crippen LogP contribution in [0.3, 0.4) is 0 Å². The lowest BCUT2D eigenvalue weighted by molar-refractivity contribution is 0.476. The Morgan fingerprint density at radius 1 is 1.15 bits per heavy atom. The molecule has 2 heterocycles. The number of hydrogen-bond acceptors (Lipinski definition) is 4. The number of pyridine rings is 2. The number of phenolic OH excluding ortho intramolecular Hbond substituents is 1. The number of benzene rings is 1. The molecule has 4 nitrogen and oxygen atoms in total. The Morgan fingerprint density at radius 3 is 2.90 bits per heavy atom. The summed E-state index contributed by atoms with van der Waals surface area (Å²) in [6.45, 7) is 2.57. The Hall–Kier alpha value is -2.62. The van der Waals surface area contributed by atoms with Gasteiger partial charge in [0, 0.05) is 17.3 Å². The second-order valence-electron chi connectivity index (χ2n) is 4.69. The molecule has 0 spiro atoms. The van der Waals surface area contributed by atoms with Crippen molar-refractivity contribution in [3.05, 3.63) is 60.0 Å². The van der Waals surface area contributed by atoms with E-state index in [1.807, 2.05) is 37.3 Å². The molecule has 0 fully saturated rings. The predicted molar refractivity (Wildman–Crippen MR) is 79.7 cm³/mol. The molecule has 0 radical (unpaired) electrons. The minimum absolute atomic E-state index is 0.238. The third-order valence-corrected chi connectivity index (χ3v) is 3.13. The van der Waals surface area contributed by atoms with Crippen molar-refractivity contribution >= 4 is 16.6 Å². The predicted octanol–water partition coefficient (Wildman–Crippen LogP) is 3.26. The van der Waals surface area contributed by atoms with Crippen LogP contribution in [0.5, 0.6) is 5.75 Å². The molecule has 4 heteroatoms. The standard InChI is InChI=1S/C16H15N3O/c1-11-3-2-4-13(19-11)10-18-16-15-9-14(20)6-5-12(15)7-8-17-16/h2-9,20H,10H2,1H3,(H,17,18). The van der Waals surface area contributed by atoms with E-state index >= 15 is 0 Å². The van der Waals surface area contributed by atoms with E-state index in [9.17, 15) is 5.11 Å². The number of nitrogens with one attached hydrogen (secondary N) is 1. The van der Waals surface area contributed by atoms with Crippen LogP contribution in [0.15, 0.2) is 48.7 Å². The molecule has 0 aliphatic heterocycles. The molecular weight excluding hydrogens is 250 g/mol. The molecule has 0 unspecified atom stereocenters. The first kappa shape index (κ1) is 12.4. The zero-order valence-electron chi connectivity index (χ0n) is 11.2. The summed E-state index contributed by atoms with van der Waals surface area (Å²) < 4.78 is 0. The number of aromatic hydroxyl groups is 1. The maximum atomic E-state index is 9.61. The maximum absolute atomic E-state index is 9.61. The van der Waals surface area contributed by atoms with Gasteiger partial charge in [0.15, 0.2) is 0 Å². The Balaban J connectivity index is 1.89. The van der Waals surface area contributed by atoms with Crippen molar-refractivity contribution in [3.8, 4) is 5.75 Å². The van der Waals surface area contributed by atoms with Crippen molar-refractivity contribution in [1.29, 1.82) is 0 Å². The summed E-state index contributed by atoms with van der Waals surface area (Å²) in [6.07, 6.45) is 1.76. The molecule has 20 heavy (non-hydrogen) atoms. The number of anilines is 1. The fraction of sp³-hybridized carbons (Fsp3) is 0.125.